The summed E-state index contributed by atoms with van der Waals surface area (Å²) in [5.74, 6) is 0. The molecule has 1 aromatic heterocycles. The fourth-order valence-electron chi connectivity index (χ4n) is 0.917. The zero-order chi connectivity index (χ0) is 7.84. The Morgan fingerprint density at radius 2 is 2.27 bits per heavy atom. The van der Waals surface area contributed by atoms with Gasteiger partial charge in [0.05, 0.1) is 3.79 Å². The van der Waals surface area contributed by atoms with Gasteiger partial charge in [0.1, 0.15) is 0 Å². The van der Waals surface area contributed by atoms with Crippen molar-refractivity contribution in [2.24, 2.45) is 0 Å². The standard InChI is InChI=1S/C8H3BrClS/c9-8-4-5-3-6(10)1-2-7(5)11-8/h1-3H. The molecule has 0 amide bonds. The lowest BCUT2D eigenvalue weighted by molar-refractivity contribution is 1.84. The summed E-state index contributed by atoms with van der Waals surface area (Å²) in [5.41, 5.74) is 0. The van der Waals surface area contributed by atoms with Crippen LogP contribution in [0, 0.1) is 6.07 Å². The van der Waals surface area contributed by atoms with Gasteiger partial charge in [-0.3, -0.25) is 0 Å². The first kappa shape index (κ1) is 7.59. The van der Waals surface area contributed by atoms with Gasteiger partial charge < -0.3 is 0 Å². The highest BCUT2D eigenvalue weighted by atomic mass is 79.9. The monoisotopic (exact) mass is 245 g/mol. The number of rotatable bonds is 0. The molecule has 0 spiro atoms. The highest BCUT2D eigenvalue weighted by Gasteiger charge is 1.99. The van der Waals surface area contributed by atoms with E-state index in [0.717, 1.165) is 14.2 Å². The van der Waals surface area contributed by atoms with Gasteiger partial charge >= 0.3 is 0 Å². The van der Waals surface area contributed by atoms with Gasteiger partial charge in [-0.25, -0.2) is 0 Å². The summed E-state index contributed by atoms with van der Waals surface area (Å²) in [5, 5.41) is 1.84. The predicted molar refractivity (Wildman–Crippen MR) is 53.4 cm³/mol. The maximum absolute atomic E-state index is 5.80. The van der Waals surface area contributed by atoms with Gasteiger partial charge in [-0.15, -0.1) is 11.3 Å². The molecule has 0 aliphatic carbocycles. The van der Waals surface area contributed by atoms with Gasteiger partial charge in [0.2, 0.25) is 0 Å². The van der Waals surface area contributed by atoms with E-state index in [2.05, 4.69) is 22.0 Å². The van der Waals surface area contributed by atoms with E-state index >= 15 is 0 Å². The number of fused-ring (bicyclic) bond motifs is 1. The maximum atomic E-state index is 5.80. The van der Waals surface area contributed by atoms with Crippen LogP contribution >= 0.6 is 38.9 Å². The smallest absolute Gasteiger partial charge is 0.0790 e. The number of thiophene rings is 1. The minimum absolute atomic E-state index is 0.763. The second-order valence-electron chi connectivity index (χ2n) is 2.14. The van der Waals surface area contributed by atoms with E-state index in [1.54, 1.807) is 11.3 Å². The summed E-state index contributed by atoms with van der Waals surface area (Å²) in [6.07, 6.45) is 0. The fraction of sp³-hybridized carbons (Fsp3) is 0. The van der Waals surface area contributed by atoms with Crippen molar-refractivity contribution in [2.75, 3.05) is 0 Å². The van der Waals surface area contributed by atoms with Crippen LogP contribution < -0.4 is 0 Å². The van der Waals surface area contributed by atoms with Gasteiger partial charge in [0.15, 0.2) is 0 Å². The molecule has 3 heteroatoms. The lowest BCUT2D eigenvalue weighted by Crippen LogP contribution is -1.61. The highest BCUT2D eigenvalue weighted by molar-refractivity contribution is 9.11. The average molecular weight is 247 g/mol. The molecule has 0 aliphatic heterocycles. The Hall–Kier alpha value is -0.0500. The Kier molecular flexibility index (Phi) is 1.91. The molecule has 55 valence electrons. The average Bonchev–Trinajstić information content (AvgIpc) is 2.27. The zero-order valence-electron chi connectivity index (χ0n) is 5.40. The molecule has 0 unspecified atom stereocenters. The molecular weight excluding hydrogens is 244 g/mol. The third-order valence-electron chi connectivity index (χ3n) is 1.37. The van der Waals surface area contributed by atoms with Crippen molar-refractivity contribution in [1.29, 1.82) is 0 Å². The van der Waals surface area contributed by atoms with Crippen molar-refractivity contribution in [2.45, 2.75) is 0 Å². The summed E-state index contributed by atoms with van der Waals surface area (Å²) >= 11 is 10.8. The molecule has 1 radical (unpaired) electrons. The third kappa shape index (κ3) is 1.43. The molecule has 0 bridgehead atoms. The van der Waals surface area contributed by atoms with E-state index in [1.165, 1.54) is 4.70 Å². The first-order valence-corrected chi connectivity index (χ1v) is 5.01. The lowest BCUT2D eigenvalue weighted by atomic mass is 10.3. The van der Waals surface area contributed by atoms with E-state index < -0.39 is 0 Å². The van der Waals surface area contributed by atoms with Crippen LogP contribution in [0.1, 0.15) is 0 Å². The molecule has 2 rings (SSSR count). The molecule has 0 saturated heterocycles. The third-order valence-corrected chi connectivity index (χ3v) is 3.15. The van der Waals surface area contributed by atoms with Gasteiger partial charge in [-0.1, -0.05) is 11.6 Å². The van der Waals surface area contributed by atoms with Crippen molar-refractivity contribution in [3.05, 3.63) is 33.1 Å². The van der Waals surface area contributed by atoms with Gasteiger partial charge in [0, 0.05) is 21.2 Å². The number of hydrogen-bond acceptors (Lipinski definition) is 1. The molecule has 1 aromatic carbocycles. The molecule has 0 aliphatic rings. The fourth-order valence-corrected chi connectivity index (χ4v) is 2.54. The van der Waals surface area contributed by atoms with Crippen molar-refractivity contribution >= 4 is 49.0 Å². The Balaban J connectivity index is 2.82. The number of hydrogen-bond donors (Lipinski definition) is 0. The van der Waals surface area contributed by atoms with Crippen molar-refractivity contribution in [1.82, 2.24) is 0 Å². The van der Waals surface area contributed by atoms with Crippen LogP contribution in [0.5, 0.6) is 0 Å². The van der Waals surface area contributed by atoms with Crippen LogP contribution in [-0.4, -0.2) is 0 Å². The molecule has 2 aromatic rings. The molecule has 1 heterocycles. The molecule has 0 nitrogen and oxygen atoms in total. The summed E-state index contributed by atoms with van der Waals surface area (Å²) in [7, 11) is 0. The predicted octanol–water partition coefficient (Wildman–Crippen LogP) is 4.12. The summed E-state index contributed by atoms with van der Waals surface area (Å²) in [4.78, 5) is 0. The molecular formula is C8H3BrClS. The van der Waals surface area contributed by atoms with Crippen LogP contribution in [0.15, 0.2) is 22.0 Å². The highest BCUT2D eigenvalue weighted by Crippen LogP contribution is 2.30. The van der Waals surface area contributed by atoms with Crippen LogP contribution in [0.3, 0.4) is 0 Å². The lowest BCUT2D eigenvalue weighted by Gasteiger charge is -1.87. The first-order chi connectivity index (χ1) is 5.25. The Morgan fingerprint density at radius 1 is 1.45 bits per heavy atom. The minimum atomic E-state index is 0.763. The molecule has 11 heavy (non-hydrogen) atoms. The summed E-state index contributed by atoms with van der Waals surface area (Å²) in [6.45, 7) is 0. The molecule has 0 atom stereocenters. The SMILES string of the molecule is Clc1ccc2sc(Br)[c]c2c1. The van der Waals surface area contributed by atoms with E-state index in [9.17, 15) is 0 Å². The quantitative estimate of drug-likeness (QED) is 0.656. The Labute approximate surface area is 81.9 Å². The molecule has 0 N–H and O–H groups in total. The Bertz CT molecular complexity index is 394. The van der Waals surface area contributed by atoms with Crippen LogP contribution in [-0.2, 0) is 0 Å². The topological polar surface area (TPSA) is 0 Å². The summed E-state index contributed by atoms with van der Waals surface area (Å²) < 4.78 is 2.23. The Morgan fingerprint density at radius 3 is 3.09 bits per heavy atom. The molecule has 0 fully saturated rings. The number of benzene rings is 1. The first-order valence-electron chi connectivity index (χ1n) is 3.02. The van der Waals surface area contributed by atoms with E-state index in [4.69, 9.17) is 11.6 Å². The van der Waals surface area contributed by atoms with E-state index in [1.807, 2.05) is 18.2 Å². The van der Waals surface area contributed by atoms with Crippen molar-refractivity contribution in [3.63, 3.8) is 0 Å². The van der Waals surface area contributed by atoms with Gasteiger partial charge in [-0.05, 0) is 34.1 Å². The second-order valence-corrected chi connectivity index (χ2v) is 4.95. The second kappa shape index (κ2) is 2.77. The van der Waals surface area contributed by atoms with Crippen molar-refractivity contribution < 1.29 is 0 Å². The maximum Gasteiger partial charge on any atom is 0.0790 e. The summed E-state index contributed by atoms with van der Waals surface area (Å²) in [6, 6.07) is 8.96. The van der Waals surface area contributed by atoms with Crippen LogP contribution in [0.4, 0.5) is 0 Å². The van der Waals surface area contributed by atoms with Crippen LogP contribution in [0.2, 0.25) is 5.02 Å². The largest absolute Gasteiger partial charge is 0.128 e. The van der Waals surface area contributed by atoms with E-state index in [0.29, 0.717) is 0 Å². The van der Waals surface area contributed by atoms with Gasteiger partial charge in [-0.2, -0.15) is 0 Å². The zero-order valence-corrected chi connectivity index (χ0v) is 8.55. The van der Waals surface area contributed by atoms with Gasteiger partial charge in [0.25, 0.3) is 0 Å². The van der Waals surface area contributed by atoms with Crippen molar-refractivity contribution in [3.8, 4) is 0 Å². The normalized spacial score (nSPS) is 10.7. The van der Waals surface area contributed by atoms with E-state index in [-0.39, 0.29) is 0 Å². The molecule has 0 saturated carbocycles. The minimum Gasteiger partial charge on any atom is -0.128 e. The number of halogens is 2. The van der Waals surface area contributed by atoms with Crippen LogP contribution in [0.25, 0.3) is 10.1 Å².